The molecule has 1 fully saturated rings. The van der Waals surface area contributed by atoms with Gasteiger partial charge in [0, 0.05) is 37.1 Å². The van der Waals surface area contributed by atoms with E-state index in [0.29, 0.717) is 66.1 Å². The first-order valence-corrected chi connectivity index (χ1v) is 9.77. The number of aliphatic hydroxyl groups is 1. The summed E-state index contributed by atoms with van der Waals surface area (Å²) in [6.07, 6.45) is 3.52. The molecular formula is C21H23N5O5. The van der Waals surface area contributed by atoms with Gasteiger partial charge in [0.15, 0.2) is 11.5 Å². The molecule has 10 heteroatoms. The summed E-state index contributed by atoms with van der Waals surface area (Å²) in [7, 11) is 4.58. The van der Waals surface area contributed by atoms with Gasteiger partial charge in [0.25, 0.3) is 5.56 Å². The number of piperidine rings is 1. The van der Waals surface area contributed by atoms with E-state index >= 15 is 0 Å². The van der Waals surface area contributed by atoms with E-state index in [1.807, 2.05) is 4.90 Å². The van der Waals surface area contributed by atoms with Gasteiger partial charge in [0.05, 0.1) is 27.4 Å². The average molecular weight is 425 g/mol. The fraction of sp³-hybridized carbons (Fsp3) is 0.381. The topological polar surface area (TPSA) is 122 Å². The molecule has 31 heavy (non-hydrogen) atoms. The van der Waals surface area contributed by atoms with Gasteiger partial charge in [-0.1, -0.05) is 0 Å². The molecule has 1 aromatic carbocycles. The van der Waals surface area contributed by atoms with Crippen molar-refractivity contribution in [2.45, 2.75) is 18.9 Å². The molecular weight excluding hydrogens is 402 g/mol. The minimum absolute atomic E-state index is 0.258. The van der Waals surface area contributed by atoms with Crippen LogP contribution in [0.4, 0.5) is 17.5 Å². The summed E-state index contributed by atoms with van der Waals surface area (Å²) in [6.45, 7) is 1.23. The summed E-state index contributed by atoms with van der Waals surface area (Å²) in [5.41, 5.74) is 0.542. The van der Waals surface area contributed by atoms with Crippen LogP contribution in [0.25, 0.3) is 10.9 Å². The van der Waals surface area contributed by atoms with Crippen LogP contribution in [0.15, 0.2) is 16.9 Å². The number of aromatic amines is 1. The Labute approximate surface area is 178 Å². The number of ether oxygens (including phenoxy) is 3. The van der Waals surface area contributed by atoms with Crippen molar-refractivity contribution in [1.82, 2.24) is 15.0 Å². The number of aromatic nitrogens is 3. The third-order valence-corrected chi connectivity index (χ3v) is 5.16. The number of hydrogen-bond acceptors (Lipinski definition) is 9. The highest BCUT2D eigenvalue weighted by Gasteiger charge is 2.22. The molecule has 0 saturated carbocycles. The number of hydrogen-bond donors (Lipinski definition) is 3. The highest BCUT2D eigenvalue weighted by molar-refractivity contribution is 5.90. The molecule has 10 nitrogen and oxygen atoms in total. The normalized spacial score (nSPS) is 14.3. The van der Waals surface area contributed by atoms with Gasteiger partial charge in [0.2, 0.25) is 11.7 Å². The third-order valence-electron chi connectivity index (χ3n) is 5.16. The Morgan fingerprint density at radius 2 is 1.81 bits per heavy atom. The Hall–Kier alpha value is -3.71. The van der Waals surface area contributed by atoms with Crippen LogP contribution < -0.4 is 30.0 Å². The number of anilines is 3. The second kappa shape index (κ2) is 8.57. The van der Waals surface area contributed by atoms with Gasteiger partial charge >= 0.3 is 0 Å². The molecule has 4 rings (SSSR count). The van der Waals surface area contributed by atoms with Crippen LogP contribution in [-0.4, -0.2) is 60.6 Å². The fourth-order valence-corrected chi connectivity index (χ4v) is 3.55. The molecule has 0 amide bonds. The summed E-state index contributed by atoms with van der Waals surface area (Å²) in [6, 6.07) is 6.30. The van der Waals surface area contributed by atoms with Crippen molar-refractivity contribution >= 4 is 28.4 Å². The van der Waals surface area contributed by atoms with E-state index in [-0.39, 0.29) is 17.0 Å². The minimum Gasteiger partial charge on any atom is -0.493 e. The van der Waals surface area contributed by atoms with E-state index in [2.05, 4.69) is 32.5 Å². The second-order valence-electron chi connectivity index (χ2n) is 7.06. The zero-order chi connectivity index (χ0) is 22.0. The van der Waals surface area contributed by atoms with Crippen molar-refractivity contribution in [3.63, 3.8) is 0 Å². The van der Waals surface area contributed by atoms with Crippen LogP contribution in [0.2, 0.25) is 0 Å². The average Bonchev–Trinajstić information content (AvgIpc) is 2.78. The first kappa shape index (κ1) is 20.6. The highest BCUT2D eigenvalue weighted by atomic mass is 16.5. The van der Waals surface area contributed by atoms with Gasteiger partial charge in [-0.25, -0.2) is 4.98 Å². The molecule has 1 saturated heterocycles. The second-order valence-corrected chi connectivity index (χ2v) is 7.06. The van der Waals surface area contributed by atoms with Gasteiger partial charge in [-0.05, 0) is 18.9 Å². The Morgan fingerprint density at radius 3 is 2.42 bits per heavy atom. The van der Waals surface area contributed by atoms with Crippen molar-refractivity contribution in [3.05, 3.63) is 34.7 Å². The van der Waals surface area contributed by atoms with E-state index in [9.17, 15) is 9.90 Å². The number of aliphatic hydroxyl groups excluding tert-OH is 1. The Morgan fingerprint density at radius 1 is 1.13 bits per heavy atom. The van der Waals surface area contributed by atoms with Gasteiger partial charge in [-0.3, -0.25) is 9.78 Å². The molecule has 3 N–H and O–H groups in total. The predicted octanol–water partition coefficient (Wildman–Crippen LogP) is 1.65. The maximum absolute atomic E-state index is 12.5. The molecule has 162 valence electrons. The molecule has 0 atom stereocenters. The number of fused-ring (bicyclic) bond motifs is 1. The van der Waals surface area contributed by atoms with Gasteiger partial charge in [-0.15, -0.1) is 0 Å². The summed E-state index contributed by atoms with van der Waals surface area (Å²) in [5, 5.41) is 13.2. The predicted molar refractivity (Wildman–Crippen MR) is 115 cm³/mol. The maximum Gasteiger partial charge on any atom is 0.269 e. The molecule has 0 aliphatic carbocycles. The van der Waals surface area contributed by atoms with Crippen molar-refractivity contribution in [2.24, 2.45) is 0 Å². The van der Waals surface area contributed by atoms with Crippen LogP contribution in [0.5, 0.6) is 17.2 Å². The Kier molecular flexibility index (Phi) is 5.68. The molecule has 3 heterocycles. The van der Waals surface area contributed by atoms with Crippen molar-refractivity contribution in [3.8, 4) is 17.2 Å². The highest BCUT2D eigenvalue weighted by Crippen LogP contribution is 2.40. The zero-order valence-corrected chi connectivity index (χ0v) is 17.5. The molecule has 1 aliphatic rings. The molecule has 2 aromatic heterocycles. The lowest BCUT2D eigenvalue weighted by molar-refractivity contribution is 0.145. The Bertz CT molecular complexity index is 1120. The van der Waals surface area contributed by atoms with Crippen molar-refractivity contribution < 1.29 is 19.3 Å². The molecule has 0 bridgehead atoms. The summed E-state index contributed by atoms with van der Waals surface area (Å²) >= 11 is 0. The molecule has 0 radical (unpaired) electrons. The standard InChI is InChI=1S/C21H23N5O5/c1-29-15-10-12(11-16(30-2)18(15)31-3)23-19-17-14(4-7-22-20(17)28)24-21(25-19)26-8-5-13(27)6-9-26/h10-11,13,27H,5-6,8-9H2,1-3H3,(H,22,28)(H,23,24,25). The summed E-state index contributed by atoms with van der Waals surface area (Å²) < 4.78 is 16.2. The summed E-state index contributed by atoms with van der Waals surface area (Å²) in [4.78, 5) is 26.1. The smallest absolute Gasteiger partial charge is 0.269 e. The minimum atomic E-state index is -0.385. The number of H-pyrrole nitrogens is 1. The third kappa shape index (κ3) is 4.00. The zero-order valence-electron chi connectivity index (χ0n) is 17.5. The first-order chi connectivity index (χ1) is 15.0. The van der Waals surface area contributed by atoms with E-state index in [4.69, 9.17) is 14.2 Å². The van der Waals surface area contributed by atoms with Crippen LogP contribution in [0.3, 0.4) is 0 Å². The number of nitrogens with one attached hydrogen (secondary N) is 2. The monoisotopic (exact) mass is 425 g/mol. The lowest BCUT2D eigenvalue weighted by Crippen LogP contribution is -2.37. The van der Waals surface area contributed by atoms with Gasteiger partial charge in [0.1, 0.15) is 16.7 Å². The molecule has 1 aliphatic heterocycles. The molecule has 0 spiro atoms. The number of nitrogens with zero attached hydrogens (tertiary/aromatic N) is 3. The maximum atomic E-state index is 12.5. The summed E-state index contributed by atoms with van der Waals surface area (Å²) in [5.74, 6) is 2.14. The molecule has 3 aromatic rings. The lowest BCUT2D eigenvalue weighted by atomic mass is 10.1. The van der Waals surface area contributed by atoms with Crippen molar-refractivity contribution in [1.29, 1.82) is 0 Å². The first-order valence-electron chi connectivity index (χ1n) is 9.77. The molecule has 0 unspecified atom stereocenters. The van der Waals surface area contributed by atoms with Gasteiger partial charge < -0.3 is 29.5 Å². The van der Waals surface area contributed by atoms with Crippen LogP contribution in [0, 0.1) is 12.3 Å². The number of benzene rings is 1. The van der Waals surface area contributed by atoms with E-state index < -0.39 is 0 Å². The number of methoxy groups -OCH3 is 3. The lowest BCUT2D eigenvalue weighted by Gasteiger charge is -2.29. The van der Waals surface area contributed by atoms with Crippen LogP contribution >= 0.6 is 0 Å². The van der Waals surface area contributed by atoms with E-state index in [0.717, 1.165) is 0 Å². The van der Waals surface area contributed by atoms with Crippen LogP contribution in [0.1, 0.15) is 12.8 Å². The fourth-order valence-electron chi connectivity index (χ4n) is 3.55. The SMILES string of the molecule is COc1cc(Nc2nc(N3CCC(O)CC3)nc3c#c[nH]c(=O)c23)cc(OC)c1OC. The van der Waals surface area contributed by atoms with Gasteiger partial charge in [-0.2, -0.15) is 4.98 Å². The quantitative estimate of drug-likeness (QED) is 0.541. The Balaban J connectivity index is 1.80. The number of rotatable bonds is 6. The van der Waals surface area contributed by atoms with Crippen LogP contribution in [-0.2, 0) is 0 Å². The largest absolute Gasteiger partial charge is 0.493 e. The van der Waals surface area contributed by atoms with E-state index in [1.54, 1.807) is 12.1 Å². The van der Waals surface area contributed by atoms with Crippen molar-refractivity contribution in [2.75, 3.05) is 44.6 Å². The van der Waals surface area contributed by atoms with E-state index in [1.165, 1.54) is 21.3 Å².